The molecule has 6 heteroatoms. The van der Waals surface area contributed by atoms with Gasteiger partial charge in [-0.2, -0.15) is 17.4 Å². The second-order valence-electron chi connectivity index (χ2n) is 6.04. The van der Waals surface area contributed by atoms with Crippen molar-refractivity contribution in [2.24, 2.45) is 5.92 Å². The first-order valence-corrected chi connectivity index (χ1v) is 9.84. The molecule has 1 aromatic rings. The Bertz CT molecular complexity index is 564. The van der Waals surface area contributed by atoms with Gasteiger partial charge in [-0.25, -0.2) is 0 Å². The zero-order valence-corrected chi connectivity index (χ0v) is 15.0. The highest BCUT2D eigenvalue weighted by atomic mass is 79.9. The Morgan fingerprint density at radius 2 is 2.05 bits per heavy atom. The molecule has 0 radical (unpaired) electrons. The van der Waals surface area contributed by atoms with Crippen LogP contribution in [-0.2, 0) is 15.7 Å². The molecule has 0 bridgehead atoms. The molecule has 0 spiro atoms. The summed E-state index contributed by atoms with van der Waals surface area (Å²) in [5, 5.41) is 0.520. The summed E-state index contributed by atoms with van der Waals surface area (Å²) >= 11 is 3.45. The number of hydrogen-bond acceptors (Lipinski definition) is 2. The largest absolute Gasteiger partial charge is 0.280 e. The fourth-order valence-corrected chi connectivity index (χ4v) is 5.04. The summed E-state index contributed by atoms with van der Waals surface area (Å²) in [6, 6.07) is 9.67. The monoisotopic (exact) mass is 374 g/mol. The predicted molar refractivity (Wildman–Crippen MR) is 89.6 cm³/mol. The van der Waals surface area contributed by atoms with Crippen molar-refractivity contribution in [1.82, 2.24) is 9.03 Å². The minimum absolute atomic E-state index is 0.419. The van der Waals surface area contributed by atoms with Gasteiger partial charge in [-0.1, -0.05) is 53.2 Å². The molecule has 0 aliphatic carbocycles. The van der Waals surface area contributed by atoms with E-state index in [1.54, 1.807) is 4.31 Å². The topological polar surface area (TPSA) is 49.4 Å². The van der Waals surface area contributed by atoms with Crippen LogP contribution in [0.2, 0.25) is 0 Å². The maximum atomic E-state index is 12.7. The van der Waals surface area contributed by atoms with Crippen molar-refractivity contribution in [1.29, 1.82) is 0 Å². The molecule has 4 nitrogen and oxygen atoms in total. The molecule has 2 rings (SSSR count). The smallest absolute Gasteiger partial charge is 0.195 e. The fraction of sp³-hybridized carbons (Fsp3) is 0.600. The number of piperidine rings is 1. The van der Waals surface area contributed by atoms with Gasteiger partial charge in [0, 0.05) is 18.4 Å². The van der Waals surface area contributed by atoms with Gasteiger partial charge in [-0.05, 0) is 31.2 Å². The SMILES string of the molecule is CC1CCCN(S(=O)(=O)NC(C)(CBr)c2ccccc2)C1. The highest BCUT2D eigenvalue weighted by molar-refractivity contribution is 9.09. The lowest BCUT2D eigenvalue weighted by Crippen LogP contribution is -2.53. The van der Waals surface area contributed by atoms with E-state index in [2.05, 4.69) is 27.6 Å². The van der Waals surface area contributed by atoms with Crippen molar-refractivity contribution in [2.45, 2.75) is 32.2 Å². The quantitative estimate of drug-likeness (QED) is 0.805. The van der Waals surface area contributed by atoms with Crippen molar-refractivity contribution >= 4 is 26.1 Å². The number of halogens is 1. The Hall–Kier alpha value is -0.430. The lowest BCUT2D eigenvalue weighted by Gasteiger charge is -2.35. The van der Waals surface area contributed by atoms with Gasteiger partial charge >= 0.3 is 0 Å². The Morgan fingerprint density at radius 3 is 2.62 bits per heavy atom. The molecule has 0 aromatic heterocycles. The van der Waals surface area contributed by atoms with Crippen LogP contribution in [0.1, 0.15) is 32.3 Å². The van der Waals surface area contributed by atoms with Crippen LogP contribution < -0.4 is 4.72 Å². The lowest BCUT2D eigenvalue weighted by atomic mass is 9.96. The fourth-order valence-electron chi connectivity index (χ4n) is 2.68. The first-order valence-electron chi connectivity index (χ1n) is 7.28. The Kier molecular flexibility index (Phi) is 5.46. The van der Waals surface area contributed by atoms with Gasteiger partial charge in [0.05, 0.1) is 5.54 Å². The van der Waals surface area contributed by atoms with Crippen molar-refractivity contribution in [3.8, 4) is 0 Å². The molecule has 1 fully saturated rings. The molecule has 2 atom stereocenters. The summed E-state index contributed by atoms with van der Waals surface area (Å²) in [6.45, 7) is 5.21. The third kappa shape index (κ3) is 4.06. The van der Waals surface area contributed by atoms with Crippen LogP contribution in [0.25, 0.3) is 0 Å². The van der Waals surface area contributed by atoms with Crippen molar-refractivity contribution < 1.29 is 8.42 Å². The average molecular weight is 375 g/mol. The van der Waals surface area contributed by atoms with E-state index in [4.69, 9.17) is 0 Å². The van der Waals surface area contributed by atoms with E-state index in [-0.39, 0.29) is 0 Å². The van der Waals surface area contributed by atoms with Crippen LogP contribution in [0, 0.1) is 5.92 Å². The molecule has 1 aliphatic heterocycles. The Morgan fingerprint density at radius 1 is 1.38 bits per heavy atom. The molecule has 1 aromatic carbocycles. The lowest BCUT2D eigenvalue weighted by molar-refractivity contribution is 0.273. The van der Waals surface area contributed by atoms with Crippen LogP contribution in [-0.4, -0.2) is 31.1 Å². The van der Waals surface area contributed by atoms with Crippen molar-refractivity contribution in [3.05, 3.63) is 35.9 Å². The highest BCUT2D eigenvalue weighted by Gasteiger charge is 2.35. The molecule has 21 heavy (non-hydrogen) atoms. The van der Waals surface area contributed by atoms with Gasteiger partial charge < -0.3 is 0 Å². The normalized spacial score (nSPS) is 23.7. The Labute approximate surface area is 136 Å². The van der Waals surface area contributed by atoms with Crippen LogP contribution in [0.3, 0.4) is 0 Å². The Balaban J connectivity index is 2.21. The average Bonchev–Trinajstić information content (AvgIpc) is 2.47. The molecule has 1 aliphatic rings. The minimum Gasteiger partial charge on any atom is -0.195 e. The van der Waals surface area contributed by atoms with E-state index in [0.29, 0.717) is 24.3 Å². The van der Waals surface area contributed by atoms with Crippen LogP contribution in [0.5, 0.6) is 0 Å². The summed E-state index contributed by atoms with van der Waals surface area (Å²) in [4.78, 5) is 0. The maximum absolute atomic E-state index is 12.7. The summed E-state index contributed by atoms with van der Waals surface area (Å²) in [5.41, 5.74) is 0.302. The number of benzene rings is 1. The predicted octanol–water partition coefficient (Wildman–Crippen LogP) is 2.86. The second-order valence-corrected chi connectivity index (χ2v) is 8.28. The maximum Gasteiger partial charge on any atom is 0.280 e. The summed E-state index contributed by atoms with van der Waals surface area (Å²) < 4.78 is 29.8. The van der Waals surface area contributed by atoms with E-state index >= 15 is 0 Å². The second kappa shape index (κ2) is 6.77. The van der Waals surface area contributed by atoms with Gasteiger partial charge in [-0.3, -0.25) is 0 Å². The third-order valence-corrected chi connectivity index (χ3v) is 6.83. The van der Waals surface area contributed by atoms with Crippen LogP contribution >= 0.6 is 15.9 Å². The molecular formula is C15H23BrN2O2S. The van der Waals surface area contributed by atoms with Gasteiger partial charge in [0.2, 0.25) is 0 Å². The van der Waals surface area contributed by atoms with Gasteiger partial charge in [-0.15, -0.1) is 0 Å². The zero-order valence-electron chi connectivity index (χ0n) is 12.5. The van der Waals surface area contributed by atoms with Crippen LogP contribution in [0.4, 0.5) is 0 Å². The van der Waals surface area contributed by atoms with E-state index in [1.807, 2.05) is 37.3 Å². The molecule has 2 unspecified atom stereocenters. The number of hydrogen-bond donors (Lipinski definition) is 1. The van der Waals surface area contributed by atoms with Crippen molar-refractivity contribution in [2.75, 3.05) is 18.4 Å². The number of nitrogens with one attached hydrogen (secondary N) is 1. The van der Waals surface area contributed by atoms with Gasteiger partial charge in [0.25, 0.3) is 10.2 Å². The minimum atomic E-state index is -3.48. The molecular weight excluding hydrogens is 352 g/mol. The van der Waals surface area contributed by atoms with Crippen LogP contribution in [0.15, 0.2) is 30.3 Å². The molecule has 1 saturated heterocycles. The van der Waals surface area contributed by atoms with Crippen molar-refractivity contribution in [3.63, 3.8) is 0 Å². The molecule has 118 valence electrons. The molecule has 0 amide bonds. The highest BCUT2D eigenvalue weighted by Crippen LogP contribution is 2.26. The molecule has 0 saturated carbocycles. The van der Waals surface area contributed by atoms with E-state index in [0.717, 1.165) is 18.4 Å². The first kappa shape index (κ1) is 16.9. The number of rotatable bonds is 5. The third-order valence-electron chi connectivity index (χ3n) is 3.99. The molecule has 1 heterocycles. The van der Waals surface area contributed by atoms with Gasteiger partial charge in [0.1, 0.15) is 0 Å². The standard InChI is InChI=1S/C15H23BrN2O2S/c1-13-7-6-10-18(11-13)21(19,20)17-15(2,12-16)14-8-4-3-5-9-14/h3-5,8-9,13,17H,6-7,10-12H2,1-2H3. The summed E-state index contributed by atoms with van der Waals surface area (Å²) in [5.74, 6) is 0.419. The van der Waals surface area contributed by atoms with E-state index < -0.39 is 15.7 Å². The summed E-state index contributed by atoms with van der Waals surface area (Å²) in [6.07, 6.45) is 2.03. The summed E-state index contributed by atoms with van der Waals surface area (Å²) in [7, 11) is -3.48. The van der Waals surface area contributed by atoms with E-state index in [9.17, 15) is 8.42 Å². The first-order chi connectivity index (χ1) is 9.87. The number of alkyl halides is 1. The van der Waals surface area contributed by atoms with E-state index in [1.165, 1.54) is 0 Å². The molecule has 1 N–H and O–H groups in total. The number of nitrogens with zero attached hydrogens (tertiary/aromatic N) is 1. The zero-order chi connectivity index (χ0) is 15.5. The van der Waals surface area contributed by atoms with Gasteiger partial charge in [0.15, 0.2) is 0 Å².